The van der Waals surface area contributed by atoms with Crippen molar-refractivity contribution in [3.63, 3.8) is 0 Å². The van der Waals surface area contributed by atoms with E-state index in [9.17, 15) is 13.2 Å². The van der Waals surface area contributed by atoms with Gasteiger partial charge in [0.15, 0.2) is 9.84 Å². The number of thiophene rings is 1. The first-order valence-corrected chi connectivity index (χ1v) is 12.9. The number of fused-ring (bicyclic) bond motifs is 3. The van der Waals surface area contributed by atoms with E-state index in [0.29, 0.717) is 46.6 Å². The van der Waals surface area contributed by atoms with E-state index in [0.717, 1.165) is 17.1 Å². The largest absolute Gasteiger partial charge is 0.468 e. The zero-order chi connectivity index (χ0) is 22.0. The molecule has 8 heteroatoms. The van der Waals surface area contributed by atoms with Crippen molar-refractivity contribution in [3.8, 4) is 10.4 Å². The molecule has 2 aromatic heterocycles. The monoisotopic (exact) mass is 458 g/mol. The first-order chi connectivity index (χ1) is 14.9. The molecular weight excluding hydrogens is 432 g/mol. The first kappa shape index (κ1) is 21.8. The van der Waals surface area contributed by atoms with Crippen LogP contribution in [0, 0.1) is 0 Å². The summed E-state index contributed by atoms with van der Waals surface area (Å²) in [4.78, 5) is 16.8. The summed E-state index contributed by atoms with van der Waals surface area (Å²) < 4.78 is 30.6. The molecule has 0 bridgehead atoms. The smallest absolute Gasteiger partial charge is 0.261 e. The van der Waals surface area contributed by atoms with Crippen LogP contribution in [-0.4, -0.2) is 38.4 Å². The highest BCUT2D eigenvalue weighted by atomic mass is 32.2. The van der Waals surface area contributed by atoms with Gasteiger partial charge < -0.3 is 9.73 Å². The number of furan rings is 1. The molecule has 0 aliphatic carbocycles. The lowest BCUT2D eigenvalue weighted by atomic mass is 10.1. The first-order valence-electron chi connectivity index (χ1n) is 10.4. The predicted octanol–water partition coefficient (Wildman–Crippen LogP) is 4.33. The summed E-state index contributed by atoms with van der Waals surface area (Å²) in [6.07, 6.45) is 2.67. The predicted molar refractivity (Wildman–Crippen MR) is 122 cm³/mol. The van der Waals surface area contributed by atoms with Crippen LogP contribution in [0.1, 0.15) is 41.3 Å². The van der Waals surface area contributed by atoms with Crippen molar-refractivity contribution < 1.29 is 17.6 Å². The topological polar surface area (TPSA) is 79.6 Å². The third kappa shape index (κ3) is 4.61. The average molecular weight is 459 g/mol. The standard InChI is InChI=1S/C23H26N2O4S2/c1-3-16(2)25(14-18-7-6-12-29-18)11-10-24-23(26)20-13-17-15-31(27,28)21-9-5-4-8-19(21)22(17)30-20/h4-9,12-13,16H,3,10-11,14-15H2,1-2H3,(H,24,26). The van der Waals surface area contributed by atoms with Crippen LogP contribution in [0.5, 0.6) is 0 Å². The number of nitrogens with one attached hydrogen (secondary N) is 1. The van der Waals surface area contributed by atoms with Crippen LogP contribution in [0.3, 0.4) is 0 Å². The SMILES string of the molecule is CCC(C)N(CCNC(=O)c1cc2c(s1)-c1ccccc1S(=O)(=O)C2)Cc1ccco1. The van der Waals surface area contributed by atoms with Crippen LogP contribution in [0.2, 0.25) is 0 Å². The van der Waals surface area contributed by atoms with Crippen LogP contribution in [0.4, 0.5) is 0 Å². The Morgan fingerprint density at radius 3 is 2.81 bits per heavy atom. The molecule has 0 fully saturated rings. The fraction of sp³-hybridized carbons (Fsp3) is 0.348. The van der Waals surface area contributed by atoms with E-state index in [1.165, 1.54) is 11.3 Å². The van der Waals surface area contributed by atoms with Crippen LogP contribution in [0.15, 0.2) is 58.0 Å². The third-order valence-corrected chi connectivity index (χ3v) is 8.61. The van der Waals surface area contributed by atoms with Crippen LogP contribution < -0.4 is 5.32 Å². The van der Waals surface area contributed by atoms with Gasteiger partial charge in [0, 0.05) is 29.6 Å². The Morgan fingerprint density at radius 1 is 1.26 bits per heavy atom. The Balaban J connectivity index is 1.44. The molecule has 0 radical (unpaired) electrons. The summed E-state index contributed by atoms with van der Waals surface area (Å²) in [7, 11) is -3.37. The molecule has 6 nitrogen and oxygen atoms in total. The number of carbonyl (C=O) groups excluding carboxylic acids is 1. The van der Waals surface area contributed by atoms with E-state index in [1.54, 1.807) is 24.5 Å². The lowest BCUT2D eigenvalue weighted by Crippen LogP contribution is -2.39. The molecule has 4 rings (SSSR count). The van der Waals surface area contributed by atoms with Gasteiger partial charge in [-0.15, -0.1) is 11.3 Å². The number of carbonyl (C=O) groups is 1. The molecule has 0 spiro atoms. The van der Waals surface area contributed by atoms with E-state index in [1.807, 2.05) is 24.3 Å². The van der Waals surface area contributed by atoms with E-state index in [2.05, 4.69) is 24.1 Å². The number of benzene rings is 1. The van der Waals surface area contributed by atoms with Gasteiger partial charge in [0.2, 0.25) is 0 Å². The minimum Gasteiger partial charge on any atom is -0.468 e. The fourth-order valence-corrected chi connectivity index (χ4v) is 6.68. The lowest BCUT2D eigenvalue weighted by molar-refractivity contribution is 0.0945. The Kier molecular flexibility index (Phi) is 6.31. The minimum atomic E-state index is -3.37. The maximum absolute atomic E-state index is 12.8. The number of nitrogens with zero attached hydrogens (tertiary/aromatic N) is 1. The molecular formula is C23H26N2O4S2. The third-order valence-electron chi connectivity index (χ3n) is 5.68. The number of hydrogen-bond donors (Lipinski definition) is 1. The summed E-state index contributed by atoms with van der Waals surface area (Å²) in [5, 5.41) is 2.99. The molecule has 0 saturated carbocycles. The van der Waals surface area contributed by atoms with E-state index >= 15 is 0 Å². The Labute approximate surface area is 186 Å². The van der Waals surface area contributed by atoms with Crippen molar-refractivity contribution in [2.75, 3.05) is 13.1 Å². The van der Waals surface area contributed by atoms with Crippen molar-refractivity contribution >= 4 is 27.1 Å². The van der Waals surface area contributed by atoms with Gasteiger partial charge in [-0.05, 0) is 43.2 Å². The maximum atomic E-state index is 12.8. The Morgan fingerprint density at radius 2 is 2.06 bits per heavy atom. The summed E-state index contributed by atoms with van der Waals surface area (Å²) in [6, 6.07) is 12.9. The summed E-state index contributed by atoms with van der Waals surface area (Å²) in [5.74, 6) is 0.669. The van der Waals surface area contributed by atoms with Crippen molar-refractivity contribution in [3.05, 3.63) is 64.9 Å². The van der Waals surface area contributed by atoms with Crippen LogP contribution in [0.25, 0.3) is 10.4 Å². The van der Waals surface area contributed by atoms with Crippen molar-refractivity contribution in [2.45, 2.75) is 43.5 Å². The van der Waals surface area contributed by atoms with E-state index < -0.39 is 9.84 Å². The normalized spacial score (nSPS) is 15.3. The quantitative estimate of drug-likeness (QED) is 0.544. The molecule has 164 valence electrons. The molecule has 1 aliphatic rings. The second kappa shape index (κ2) is 8.98. The summed E-state index contributed by atoms with van der Waals surface area (Å²) in [5.41, 5.74) is 1.39. The number of sulfone groups is 1. The highest BCUT2D eigenvalue weighted by molar-refractivity contribution is 7.91. The van der Waals surface area contributed by atoms with E-state index in [4.69, 9.17) is 4.42 Å². The summed E-state index contributed by atoms with van der Waals surface area (Å²) >= 11 is 1.36. The molecule has 1 amide bonds. The highest BCUT2D eigenvalue weighted by Gasteiger charge is 2.30. The average Bonchev–Trinajstić information content (AvgIpc) is 3.42. The molecule has 3 heterocycles. The van der Waals surface area contributed by atoms with Gasteiger partial charge in [-0.1, -0.05) is 25.1 Å². The molecule has 1 N–H and O–H groups in total. The second-order valence-corrected chi connectivity index (χ2v) is 10.8. The van der Waals surface area contributed by atoms with Gasteiger partial charge in [-0.2, -0.15) is 0 Å². The number of amides is 1. The van der Waals surface area contributed by atoms with E-state index in [-0.39, 0.29) is 11.7 Å². The zero-order valence-corrected chi connectivity index (χ0v) is 19.3. The molecule has 3 aromatic rings. The molecule has 1 aliphatic heterocycles. The molecule has 1 atom stereocenters. The second-order valence-electron chi connectivity index (χ2n) is 7.78. The van der Waals surface area contributed by atoms with Gasteiger partial charge in [-0.25, -0.2) is 8.42 Å². The lowest BCUT2D eigenvalue weighted by Gasteiger charge is -2.27. The summed E-state index contributed by atoms with van der Waals surface area (Å²) in [6.45, 7) is 6.20. The van der Waals surface area contributed by atoms with Crippen LogP contribution in [-0.2, 0) is 22.1 Å². The maximum Gasteiger partial charge on any atom is 0.261 e. The molecule has 0 saturated heterocycles. The number of rotatable bonds is 8. The molecule has 1 aromatic carbocycles. The Hall–Kier alpha value is -2.42. The molecule has 31 heavy (non-hydrogen) atoms. The fourth-order valence-electron chi connectivity index (χ4n) is 3.80. The van der Waals surface area contributed by atoms with Crippen molar-refractivity contribution in [2.24, 2.45) is 0 Å². The number of hydrogen-bond acceptors (Lipinski definition) is 6. The van der Waals surface area contributed by atoms with Crippen LogP contribution >= 0.6 is 11.3 Å². The van der Waals surface area contributed by atoms with Gasteiger partial charge in [0.25, 0.3) is 5.91 Å². The zero-order valence-electron chi connectivity index (χ0n) is 17.6. The van der Waals surface area contributed by atoms with Gasteiger partial charge in [-0.3, -0.25) is 9.69 Å². The van der Waals surface area contributed by atoms with Crippen molar-refractivity contribution in [1.29, 1.82) is 0 Å². The Bertz CT molecular complexity index is 1170. The van der Waals surface area contributed by atoms with Crippen molar-refractivity contribution in [1.82, 2.24) is 10.2 Å². The van der Waals surface area contributed by atoms with Gasteiger partial charge in [0.05, 0.1) is 28.3 Å². The minimum absolute atomic E-state index is 0.0614. The van der Waals surface area contributed by atoms with Gasteiger partial charge in [0.1, 0.15) is 5.76 Å². The van der Waals surface area contributed by atoms with Gasteiger partial charge >= 0.3 is 0 Å². The highest BCUT2D eigenvalue weighted by Crippen LogP contribution is 2.42. The molecule has 1 unspecified atom stereocenters.